The Labute approximate surface area is 354 Å². The summed E-state index contributed by atoms with van der Waals surface area (Å²) in [7, 11) is -2.80. The predicted molar refractivity (Wildman–Crippen MR) is 255 cm³/mol. The van der Waals surface area contributed by atoms with Gasteiger partial charge in [0.15, 0.2) is 13.8 Å². The quantitative estimate of drug-likeness (QED) is 0.0900. The van der Waals surface area contributed by atoms with Gasteiger partial charge in [0.1, 0.15) is 0 Å². The Balaban J connectivity index is 1.17. The molecule has 11 aromatic rings. The van der Waals surface area contributed by atoms with Crippen LogP contribution in [0.1, 0.15) is 5.56 Å². The van der Waals surface area contributed by atoms with Crippen molar-refractivity contribution in [2.24, 2.45) is 0 Å². The SMILES string of the molecule is [C-]#[N+]c1cccc(-n2c3ccccc3c3cccc(-c4ccc5c(c4)c4cc(C#N)ccc4n5-c4cccc([Si](c5ccccc5)(c5ccccc5)c5ccccc5)c4)c32)c1. The molecule has 0 aliphatic rings. The van der Waals surface area contributed by atoms with E-state index in [1.54, 1.807) is 0 Å². The lowest BCUT2D eigenvalue weighted by Crippen LogP contribution is -2.74. The Bertz CT molecular complexity index is 3460. The highest BCUT2D eigenvalue weighted by atomic mass is 28.3. The van der Waals surface area contributed by atoms with Gasteiger partial charge < -0.3 is 9.13 Å². The fourth-order valence-electron chi connectivity index (χ4n) is 9.70. The summed E-state index contributed by atoms with van der Waals surface area (Å²) in [4.78, 5) is 3.76. The van der Waals surface area contributed by atoms with Crippen molar-refractivity contribution in [1.82, 2.24) is 9.13 Å². The molecule has 284 valence electrons. The van der Waals surface area contributed by atoms with Crippen molar-refractivity contribution in [2.45, 2.75) is 0 Å². The normalized spacial score (nSPS) is 11.6. The van der Waals surface area contributed by atoms with E-state index in [9.17, 15) is 5.26 Å². The molecule has 0 saturated heterocycles. The summed E-state index contributed by atoms with van der Waals surface area (Å²) in [6.07, 6.45) is 0. The second-order valence-corrected chi connectivity index (χ2v) is 19.3. The van der Waals surface area contributed by atoms with Crippen LogP contribution in [0.5, 0.6) is 0 Å². The van der Waals surface area contributed by atoms with Crippen molar-refractivity contribution in [3.05, 3.63) is 235 Å². The zero-order valence-electron chi connectivity index (χ0n) is 33.1. The molecule has 4 nitrogen and oxygen atoms in total. The van der Waals surface area contributed by atoms with Gasteiger partial charge in [-0.05, 0) is 87.0 Å². The maximum absolute atomic E-state index is 10.2. The van der Waals surface area contributed by atoms with Gasteiger partial charge in [-0.2, -0.15) is 5.26 Å². The number of rotatable bonds is 7. The molecule has 0 radical (unpaired) electrons. The van der Waals surface area contributed by atoms with Crippen LogP contribution in [0, 0.1) is 17.9 Å². The molecule has 61 heavy (non-hydrogen) atoms. The van der Waals surface area contributed by atoms with Crippen LogP contribution in [0.2, 0.25) is 0 Å². The Morgan fingerprint density at radius 1 is 0.426 bits per heavy atom. The zero-order chi connectivity index (χ0) is 40.9. The summed E-state index contributed by atoms with van der Waals surface area (Å²) in [5.41, 5.74) is 9.68. The molecule has 0 aliphatic carbocycles. The van der Waals surface area contributed by atoms with Gasteiger partial charge >= 0.3 is 0 Å². The fourth-order valence-corrected chi connectivity index (χ4v) is 14.5. The van der Waals surface area contributed by atoms with E-state index < -0.39 is 8.07 Å². The van der Waals surface area contributed by atoms with E-state index in [1.165, 1.54) is 20.7 Å². The second kappa shape index (κ2) is 14.6. The van der Waals surface area contributed by atoms with Crippen molar-refractivity contribution >= 4 is 78.1 Å². The Hall–Kier alpha value is -8.22. The Kier molecular flexibility index (Phi) is 8.57. The molecule has 2 aromatic heterocycles. The van der Waals surface area contributed by atoms with Gasteiger partial charge in [0.2, 0.25) is 0 Å². The standard InChI is InChI=1S/C56H36N4Si/c1-58-41-16-13-17-42(36-41)60-53-29-12-11-26-49(53)50-28-15-27-48(56(50)60)40-31-33-55-52(35-40)51-34-39(38-57)30-32-54(51)59(55)43-18-14-25-47(37-43)61(44-19-5-2-6-20-44,45-21-7-3-8-22-45)46-23-9-4-10-24-46/h2-37H. The van der Waals surface area contributed by atoms with Crippen LogP contribution in [0.25, 0.3) is 71.0 Å². The molecule has 0 aliphatic heterocycles. The molecule has 5 heteroatoms. The smallest absolute Gasteiger partial charge is 0.189 e. The third kappa shape index (κ3) is 5.64. The van der Waals surface area contributed by atoms with E-state index in [0.717, 1.165) is 66.1 Å². The number of hydrogen-bond acceptors (Lipinski definition) is 1. The van der Waals surface area contributed by atoms with Crippen molar-refractivity contribution in [3.8, 4) is 28.6 Å². The molecule has 0 saturated carbocycles. The lowest BCUT2D eigenvalue weighted by Gasteiger charge is -2.34. The van der Waals surface area contributed by atoms with Gasteiger partial charge in [0, 0.05) is 38.5 Å². The molecule has 9 aromatic carbocycles. The van der Waals surface area contributed by atoms with E-state index >= 15 is 0 Å². The number of hydrogen-bond donors (Lipinski definition) is 0. The third-order valence-electron chi connectivity index (χ3n) is 12.3. The monoisotopic (exact) mass is 792 g/mol. The molecule has 0 amide bonds. The van der Waals surface area contributed by atoms with Gasteiger partial charge in [-0.3, -0.25) is 0 Å². The number of benzene rings is 9. The number of nitriles is 1. The molecule has 0 atom stereocenters. The first-order valence-electron chi connectivity index (χ1n) is 20.4. The average Bonchev–Trinajstić information content (AvgIpc) is 3.85. The van der Waals surface area contributed by atoms with Crippen molar-refractivity contribution in [2.75, 3.05) is 0 Å². The summed E-state index contributed by atoms with van der Waals surface area (Å²) in [5, 5.41) is 19.8. The number of aromatic nitrogens is 2. The fraction of sp³-hybridized carbons (Fsp3) is 0. The van der Waals surface area contributed by atoms with Gasteiger partial charge in [-0.15, -0.1) is 0 Å². The molecular weight excluding hydrogens is 757 g/mol. The van der Waals surface area contributed by atoms with Crippen LogP contribution in [0.4, 0.5) is 5.69 Å². The summed E-state index contributed by atoms with van der Waals surface area (Å²) in [6.45, 7) is 7.76. The Morgan fingerprint density at radius 3 is 1.64 bits per heavy atom. The van der Waals surface area contributed by atoms with Crippen LogP contribution < -0.4 is 20.7 Å². The van der Waals surface area contributed by atoms with Crippen molar-refractivity contribution in [1.29, 1.82) is 5.26 Å². The van der Waals surface area contributed by atoms with Gasteiger partial charge in [0.05, 0.1) is 40.3 Å². The van der Waals surface area contributed by atoms with Gasteiger partial charge in [-0.25, -0.2) is 4.85 Å². The summed E-state index contributed by atoms with van der Waals surface area (Å²) < 4.78 is 4.66. The molecule has 11 rings (SSSR count). The first-order valence-corrected chi connectivity index (χ1v) is 22.4. The third-order valence-corrected chi connectivity index (χ3v) is 17.0. The highest BCUT2D eigenvalue weighted by Gasteiger charge is 2.41. The topological polar surface area (TPSA) is 38.0 Å². The van der Waals surface area contributed by atoms with E-state index in [1.807, 2.05) is 30.3 Å². The highest BCUT2D eigenvalue weighted by Crippen LogP contribution is 2.41. The number of fused-ring (bicyclic) bond motifs is 6. The van der Waals surface area contributed by atoms with E-state index in [2.05, 4.69) is 208 Å². The largest absolute Gasteiger partial charge is 0.310 e. The molecule has 0 spiro atoms. The molecule has 0 N–H and O–H groups in total. The van der Waals surface area contributed by atoms with Gasteiger partial charge in [0.25, 0.3) is 0 Å². The van der Waals surface area contributed by atoms with Crippen LogP contribution in [-0.4, -0.2) is 17.2 Å². The molecule has 0 unspecified atom stereocenters. The van der Waals surface area contributed by atoms with Crippen LogP contribution in [-0.2, 0) is 0 Å². The second-order valence-electron chi connectivity index (χ2n) is 15.5. The number of nitrogens with zero attached hydrogens (tertiary/aromatic N) is 4. The van der Waals surface area contributed by atoms with E-state index in [4.69, 9.17) is 6.57 Å². The lowest BCUT2D eigenvalue weighted by molar-refractivity contribution is 1.18. The number of para-hydroxylation sites is 2. The molecular formula is C56H36N4Si. The summed E-state index contributed by atoms with van der Waals surface area (Å²) >= 11 is 0. The predicted octanol–water partition coefficient (Wildman–Crippen LogP) is 11.3. The van der Waals surface area contributed by atoms with Crippen LogP contribution in [0.3, 0.4) is 0 Å². The minimum atomic E-state index is -2.80. The molecule has 0 bridgehead atoms. The maximum atomic E-state index is 10.2. The Morgan fingerprint density at radius 2 is 0.967 bits per heavy atom. The van der Waals surface area contributed by atoms with Crippen LogP contribution in [0.15, 0.2) is 218 Å². The summed E-state index contributed by atoms with van der Waals surface area (Å²) in [5.74, 6) is 0. The first kappa shape index (κ1) is 35.9. The minimum Gasteiger partial charge on any atom is -0.310 e. The van der Waals surface area contributed by atoms with Gasteiger partial charge in [-0.1, -0.05) is 158 Å². The van der Waals surface area contributed by atoms with E-state index in [-0.39, 0.29) is 0 Å². The van der Waals surface area contributed by atoms with Crippen molar-refractivity contribution in [3.63, 3.8) is 0 Å². The van der Waals surface area contributed by atoms with Crippen LogP contribution >= 0.6 is 0 Å². The average molecular weight is 793 g/mol. The lowest BCUT2D eigenvalue weighted by atomic mass is 9.99. The highest BCUT2D eigenvalue weighted by molar-refractivity contribution is 7.19. The minimum absolute atomic E-state index is 0.601. The zero-order valence-corrected chi connectivity index (χ0v) is 34.1. The molecule has 2 heterocycles. The molecule has 0 fully saturated rings. The van der Waals surface area contributed by atoms with Crippen molar-refractivity contribution < 1.29 is 0 Å². The first-order chi connectivity index (χ1) is 30.2. The maximum Gasteiger partial charge on any atom is 0.189 e. The van der Waals surface area contributed by atoms with E-state index in [0.29, 0.717) is 11.3 Å². The summed E-state index contributed by atoms with van der Waals surface area (Å²) in [6, 6.07) is 80.3.